The maximum Gasteiger partial charge on any atom is 0.326 e. The molecule has 0 aromatic heterocycles. The third kappa shape index (κ3) is 4.44. The average Bonchev–Trinajstić information content (AvgIpc) is 2.28. The van der Waals surface area contributed by atoms with E-state index in [0.29, 0.717) is 22.2 Å². The molecule has 0 radical (unpaired) electrons. The minimum atomic E-state index is -0.857. The van der Waals surface area contributed by atoms with E-state index >= 15 is 0 Å². The molecule has 1 unspecified atom stereocenters. The lowest BCUT2D eigenvalue weighted by Gasteiger charge is -2.15. The molecule has 5 heteroatoms. The van der Waals surface area contributed by atoms with Crippen LogP contribution in [0.3, 0.4) is 0 Å². The summed E-state index contributed by atoms with van der Waals surface area (Å²) in [4.78, 5) is 11.0. The molecule has 0 spiro atoms. The van der Waals surface area contributed by atoms with Crippen LogP contribution >= 0.6 is 23.2 Å². The van der Waals surface area contributed by atoms with Crippen molar-refractivity contribution in [2.24, 2.45) is 0 Å². The summed E-state index contributed by atoms with van der Waals surface area (Å²) >= 11 is 11.6. The topological polar surface area (TPSA) is 49.3 Å². The molecule has 0 amide bonds. The second-order valence-corrected chi connectivity index (χ2v) is 4.62. The quantitative estimate of drug-likeness (QED) is 0.824. The number of halogens is 2. The molecule has 2 N–H and O–H groups in total. The SMILES string of the molecule is CCCCC(Nc1ccc(Cl)c(Cl)c1)C(=O)O. The van der Waals surface area contributed by atoms with E-state index in [-0.39, 0.29) is 0 Å². The van der Waals surface area contributed by atoms with Crippen LogP contribution in [0.25, 0.3) is 0 Å². The fraction of sp³-hybridized carbons (Fsp3) is 0.417. The molecule has 0 bridgehead atoms. The zero-order chi connectivity index (χ0) is 12.8. The van der Waals surface area contributed by atoms with Gasteiger partial charge < -0.3 is 10.4 Å². The van der Waals surface area contributed by atoms with Gasteiger partial charge in [-0.2, -0.15) is 0 Å². The van der Waals surface area contributed by atoms with Gasteiger partial charge >= 0.3 is 5.97 Å². The Labute approximate surface area is 111 Å². The Balaban J connectivity index is 2.71. The van der Waals surface area contributed by atoms with Crippen LogP contribution in [-0.4, -0.2) is 17.1 Å². The molecule has 17 heavy (non-hydrogen) atoms. The van der Waals surface area contributed by atoms with Crippen LogP contribution in [0.4, 0.5) is 5.69 Å². The van der Waals surface area contributed by atoms with Crippen LogP contribution in [-0.2, 0) is 4.79 Å². The first kappa shape index (κ1) is 14.1. The Morgan fingerprint density at radius 2 is 2.12 bits per heavy atom. The normalized spacial score (nSPS) is 12.2. The molecule has 1 aromatic rings. The Bertz CT molecular complexity index is 396. The minimum Gasteiger partial charge on any atom is -0.480 e. The van der Waals surface area contributed by atoms with E-state index in [9.17, 15) is 4.79 Å². The van der Waals surface area contributed by atoms with Crippen molar-refractivity contribution >= 4 is 34.9 Å². The predicted molar refractivity (Wildman–Crippen MR) is 71.0 cm³/mol. The van der Waals surface area contributed by atoms with Gasteiger partial charge in [0.25, 0.3) is 0 Å². The predicted octanol–water partition coefficient (Wildman–Crippen LogP) is 4.05. The van der Waals surface area contributed by atoms with Crippen LogP contribution < -0.4 is 5.32 Å². The zero-order valence-electron chi connectivity index (χ0n) is 9.54. The summed E-state index contributed by atoms with van der Waals surface area (Å²) < 4.78 is 0. The number of rotatable bonds is 6. The van der Waals surface area contributed by atoms with Crippen molar-refractivity contribution < 1.29 is 9.90 Å². The smallest absolute Gasteiger partial charge is 0.326 e. The van der Waals surface area contributed by atoms with Crippen molar-refractivity contribution in [2.75, 3.05) is 5.32 Å². The maximum absolute atomic E-state index is 11.0. The Hall–Kier alpha value is -0.930. The first-order chi connectivity index (χ1) is 8.04. The highest BCUT2D eigenvalue weighted by Crippen LogP contribution is 2.25. The largest absolute Gasteiger partial charge is 0.480 e. The maximum atomic E-state index is 11.0. The van der Waals surface area contributed by atoms with E-state index in [0.717, 1.165) is 12.8 Å². The molecule has 94 valence electrons. The van der Waals surface area contributed by atoms with E-state index in [1.165, 1.54) is 0 Å². The number of anilines is 1. The number of nitrogens with one attached hydrogen (secondary N) is 1. The number of carboxylic acid groups (broad SMARTS) is 1. The number of benzene rings is 1. The summed E-state index contributed by atoms with van der Waals surface area (Å²) in [6.45, 7) is 2.03. The van der Waals surface area contributed by atoms with E-state index in [1.807, 2.05) is 6.92 Å². The molecule has 0 heterocycles. The summed E-state index contributed by atoms with van der Waals surface area (Å²) in [5.41, 5.74) is 0.669. The molecule has 0 saturated carbocycles. The number of unbranched alkanes of at least 4 members (excludes halogenated alkanes) is 1. The summed E-state index contributed by atoms with van der Waals surface area (Å²) in [5.74, 6) is -0.857. The Morgan fingerprint density at radius 1 is 1.41 bits per heavy atom. The number of carboxylic acids is 1. The monoisotopic (exact) mass is 275 g/mol. The van der Waals surface area contributed by atoms with Gasteiger partial charge in [-0.05, 0) is 24.6 Å². The molecule has 0 aliphatic carbocycles. The molecule has 0 aliphatic rings. The number of hydrogen-bond acceptors (Lipinski definition) is 2. The van der Waals surface area contributed by atoms with Crippen molar-refractivity contribution in [3.63, 3.8) is 0 Å². The summed E-state index contributed by atoms with van der Waals surface area (Å²) in [5, 5.41) is 12.9. The molecule has 0 fully saturated rings. The fourth-order valence-electron chi connectivity index (χ4n) is 1.45. The lowest BCUT2D eigenvalue weighted by atomic mass is 10.1. The third-order valence-electron chi connectivity index (χ3n) is 2.40. The lowest BCUT2D eigenvalue weighted by molar-refractivity contribution is -0.138. The summed E-state index contributed by atoms with van der Waals surface area (Å²) in [7, 11) is 0. The van der Waals surface area contributed by atoms with E-state index in [4.69, 9.17) is 28.3 Å². The second-order valence-electron chi connectivity index (χ2n) is 3.81. The van der Waals surface area contributed by atoms with Gasteiger partial charge in [0.1, 0.15) is 6.04 Å². The fourth-order valence-corrected chi connectivity index (χ4v) is 1.75. The third-order valence-corrected chi connectivity index (χ3v) is 3.14. The molecule has 3 nitrogen and oxygen atoms in total. The van der Waals surface area contributed by atoms with Gasteiger partial charge in [-0.1, -0.05) is 43.0 Å². The molecular formula is C12H15Cl2NO2. The first-order valence-electron chi connectivity index (χ1n) is 5.49. The van der Waals surface area contributed by atoms with Crippen LogP contribution in [0.1, 0.15) is 26.2 Å². The van der Waals surface area contributed by atoms with Crippen molar-refractivity contribution in [2.45, 2.75) is 32.2 Å². The van der Waals surface area contributed by atoms with Gasteiger partial charge in [0, 0.05) is 5.69 Å². The second kappa shape index (κ2) is 6.72. The van der Waals surface area contributed by atoms with Gasteiger partial charge in [0.15, 0.2) is 0 Å². The summed E-state index contributed by atoms with van der Waals surface area (Å²) in [6.07, 6.45) is 2.42. The molecule has 1 aromatic carbocycles. The van der Waals surface area contributed by atoms with E-state index < -0.39 is 12.0 Å². The average molecular weight is 276 g/mol. The van der Waals surface area contributed by atoms with Crippen LogP contribution in [0.15, 0.2) is 18.2 Å². The number of carbonyl (C=O) groups is 1. The van der Waals surface area contributed by atoms with Gasteiger partial charge in [-0.3, -0.25) is 0 Å². The summed E-state index contributed by atoms with van der Waals surface area (Å²) in [6, 6.07) is 4.40. The molecule has 1 rings (SSSR count). The highest BCUT2D eigenvalue weighted by atomic mass is 35.5. The van der Waals surface area contributed by atoms with Gasteiger partial charge in [-0.15, -0.1) is 0 Å². The Morgan fingerprint density at radius 3 is 2.65 bits per heavy atom. The van der Waals surface area contributed by atoms with Gasteiger partial charge in [0.05, 0.1) is 10.0 Å². The van der Waals surface area contributed by atoms with E-state index in [1.54, 1.807) is 18.2 Å². The van der Waals surface area contributed by atoms with Crippen LogP contribution in [0.2, 0.25) is 10.0 Å². The zero-order valence-corrected chi connectivity index (χ0v) is 11.1. The first-order valence-corrected chi connectivity index (χ1v) is 6.24. The van der Waals surface area contributed by atoms with Crippen molar-refractivity contribution in [3.8, 4) is 0 Å². The van der Waals surface area contributed by atoms with Gasteiger partial charge in [0.2, 0.25) is 0 Å². The highest BCUT2D eigenvalue weighted by Gasteiger charge is 2.16. The van der Waals surface area contributed by atoms with E-state index in [2.05, 4.69) is 5.32 Å². The van der Waals surface area contributed by atoms with Crippen molar-refractivity contribution in [1.82, 2.24) is 0 Å². The minimum absolute atomic E-state index is 0.413. The number of hydrogen-bond donors (Lipinski definition) is 2. The molecule has 0 aliphatic heterocycles. The highest BCUT2D eigenvalue weighted by molar-refractivity contribution is 6.42. The standard InChI is InChI=1S/C12H15Cl2NO2/c1-2-3-4-11(12(16)17)15-8-5-6-9(13)10(14)7-8/h5-7,11,15H,2-4H2,1H3,(H,16,17). The van der Waals surface area contributed by atoms with Crippen molar-refractivity contribution in [3.05, 3.63) is 28.2 Å². The molecule has 0 saturated heterocycles. The molecule has 1 atom stereocenters. The van der Waals surface area contributed by atoms with Gasteiger partial charge in [-0.25, -0.2) is 4.79 Å². The lowest BCUT2D eigenvalue weighted by Crippen LogP contribution is -2.29. The van der Waals surface area contributed by atoms with Crippen LogP contribution in [0, 0.1) is 0 Å². The van der Waals surface area contributed by atoms with Crippen LogP contribution in [0.5, 0.6) is 0 Å². The number of aliphatic carboxylic acids is 1. The molecular weight excluding hydrogens is 261 g/mol. The van der Waals surface area contributed by atoms with Crippen molar-refractivity contribution in [1.29, 1.82) is 0 Å². The Kier molecular flexibility index (Phi) is 5.59.